The minimum absolute atomic E-state index is 0.00745. The largest absolute Gasteiger partial charge is 0.395 e. The van der Waals surface area contributed by atoms with Crippen molar-refractivity contribution in [2.24, 2.45) is 0 Å². The van der Waals surface area contributed by atoms with Gasteiger partial charge in [-0.1, -0.05) is 23.7 Å². The van der Waals surface area contributed by atoms with Crippen LogP contribution in [0.5, 0.6) is 0 Å². The van der Waals surface area contributed by atoms with Crippen molar-refractivity contribution in [3.05, 3.63) is 34.9 Å². The summed E-state index contributed by atoms with van der Waals surface area (Å²) in [5.41, 5.74) is 0.817. The summed E-state index contributed by atoms with van der Waals surface area (Å²) in [7, 11) is 0. The van der Waals surface area contributed by atoms with Crippen LogP contribution in [-0.4, -0.2) is 29.4 Å². The van der Waals surface area contributed by atoms with Gasteiger partial charge in [0.25, 0.3) is 0 Å². The number of halogens is 1. The Morgan fingerprint density at radius 3 is 2.47 bits per heavy atom. The fourth-order valence-corrected chi connectivity index (χ4v) is 1.31. The summed E-state index contributed by atoms with van der Waals surface area (Å²) >= 11 is 5.74. The van der Waals surface area contributed by atoms with Crippen molar-refractivity contribution in [3.8, 4) is 0 Å². The van der Waals surface area contributed by atoms with Crippen molar-refractivity contribution in [2.75, 3.05) is 13.2 Å². The second-order valence-corrected chi connectivity index (χ2v) is 4.00. The molecule has 2 unspecified atom stereocenters. The molecule has 3 N–H and O–H groups in total. The standard InChI is InChI=1S/C11H16ClNO2/c1-8(7-14)13-6-11(15)9-2-4-10(12)5-3-9/h2-5,8,11,13-15H,6-7H2,1H3. The molecule has 0 aliphatic carbocycles. The van der Waals surface area contributed by atoms with E-state index in [2.05, 4.69) is 5.32 Å². The molecule has 0 aliphatic rings. The lowest BCUT2D eigenvalue weighted by Crippen LogP contribution is -2.32. The van der Waals surface area contributed by atoms with Gasteiger partial charge in [-0.3, -0.25) is 0 Å². The highest BCUT2D eigenvalue weighted by Crippen LogP contribution is 2.15. The molecular formula is C11H16ClNO2. The van der Waals surface area contributed by atoms with Crippen molar-refractivity contribution in [3.63, 3.8) is 0 Å². The van der Waals surface area contributed by atoms with E-state index in [1.54, 1.807) is 24.3 Å². The lowest BCUT2D eigenvalue weighted by Gasteiger charge is -2.15. The van der Waals surface area contributed by atoms with Gasteiger partial charge in [-0.2, -0.15) is 0 Å². The van der Waals surface area contributed by atoms with Gasteiger partial charge < -0.3 is 15.5 Å². The third-order valence-corrected chi connectivity index (χ3v) is 2.44. The second-order valence-electron chi connectivity index (χ2n) is 3.56. The fraction of sp³-hybridized carbons (Fsp3) is 0.455. The number of aliphatic hydroxyl groups is 2. The zero-order valence-electron chi connectivity index (χ0n) is 8.65. The zero-order chi connectivity index (χ0) is 11.3. The molecule has 15 heavy (non-hydrogen) atoms. The van der Waals surface area contributed by atoms with Gasteiger partial charge in [0, 0.05) is 17.6 Å². The van der Waals surface area contributed by atoms with Crippen LogP contribution in [0.4, 0.5) is 0 Å². The van der Waals surface area contributed by atoms with E-state index in [-0.39, 0.29) is 12.6 Å². The lowest BCUT2D eigenvalue weighted by atomic mass is 10.1. The fourth-order valence-electron chi connectivity index (χ4n) is 1.18. The molecule has 0 saturated heterocycles. The average molecular weight is 230 g/mol. The molecule has 1 aromatic rings. The Bertz CT molecular complexity index is 289. The monoisotopic (exact) mass is 229 g/mol. The first kappa shape index (κ1) is 12.5. The van der Waals surface area contributed by atoms with Gasteiger partial charge in [-0.05, 0) is 24.6 Å². The molecule has 0 fully saturated rings. The van der Waals surface area contributed by atoms with Crippen molar-refractivity contribution < 1.29 is 10.2 Å². The van der Waals surface area contributed by atoms with Crippen molar-refractivity contribution in [1.82, 2.24) is 5.32 Å². The van der Waals surface area contributed by atoms with Crippen LogP contribution in [0.25, 0.3) is 0 Å². The number of benzene rings is 1. The van der Waals surface area contributed by atoms with E-state index in [4.69, 9.17) is 16.7 Å². The van der Waals surface area contributed by atoms with E-state index in [1.165, 1.54) is 0 Å². The Labute approximate surface area is 94.7 Å². The molecule has 0 bridgehead atoms. The van der Waals surface area contributed by atoms with Crippen LogP contribution >= 0.6 is 11.6 Å². The molecule has 0 spiro atoms. The molecule has 0 aromatic heterocycles. The van der Waals surface area contributed by atoms with E-state index in [9.17, 15) is 5.11 Å². The summed E-state index contributed by atoms with van der Waals surface area (Å²) in [6.07, 6.45) is -0.573. The van der Waals surface area contributed by atoms with Gasteiger partial charge in [-0.25, -0.2) is 0 Å². The first-order valence-corrected chi connectivity index (χ1v) is 5.29. The van der Waals surface area contributed by atoms with Crippen molar-refractivity contribution in [2.45, 2.75) is 19.1 Å². The minimum Gasteiger partial charge on any atom is -0.395 e. The average Bonchev–Trinajstić information content (AvgIpc) is 2.26. The summed E-state index contributed by atoms with van der Waals surface area (Å²) in [6.45, 7) is 2.34. The Balaban J connectivity index is 2.46. The first-order chi connectivity index (χ1) is 7.13. The summed E-state index contributed by atoms with van der Waals surface area (Å²) < 4.78 is 0. The summed E-state index contributed by atoms with van der Waals surface area (Å²) in [6, 6.07) is 7.06. The molecule has 0 saturated carbocycles. The summed E-state index contributed by atoms with van der Waals surface area (Å²) in [4.78, 5) is 0. The smallest absolute Gasteiger partial charge is 0.0914 e. The van der Waals surface area contributed by atoms with Crippen LogP contribution in [0.3, 0.4) is 0 Å². The number of aliphatic hydroxyl groups excluding tert-OH is 2. The Hall–Kier alpha value is -0.610. The highest BCUT2D eigenvalue weighted by molar-refractivity contribution is 6.30. The van der Waals surface area contributed by atoms with Crippen LogP contribution in [0.15, 0.2) is 24.3 Å². The van der Waals surface area contributed by atoms with E-state index in [0.717, 1.165) is 5.56 Å². The maximum Gasteiger partial charge on any atom is 0.0914 e. The van der Waals surface area contributed by atoms with Crippen LogP contribution in [0.2, 0.25) is 5.02 Å². The molecule has 1 aromatic carbocycles. The third kappa shape index (κ3) is 4.18. The molecule has 0 heterocycles. The Kier molecular flexibility index (Phi) is 5.05. The highest BCUT2D eigenvalue weighted by atomic mass is 35.5. The SMILES string of the molecule is CC(CO)NCC(O)c1ccc(Cl)cc1. The van der Waals surface area contributed by atoms with Crippen LogP contribution in [0.1, 0.15) is 18.6 Å². The second kappa shape index (κ2) is 6.08. The van der Waals surface area contributed by atoms with Crippen LogP contribution in [0, 0.1) is 0 Å². The number of nitrogens with one attached hydrogen (secondary N) is 1. The van der Waals surface area contributed by atoms with E-state index < -0.39 is 6.10 Å². The molecule has 4 heteroatoms. The van der Waals surface area contributed by atoms with Gasteiger partial charge in [0.15, 0.2) is 0 Å². The van der Waals surface area contributed by atoms with E-state index in [1.807, 2.05) is 6.92 Å². The third-order valence-electron chi connectivity index (χ3n) is 2.19. The molecule has 0 aliphatic heterocycles. The minimum atomic E-state index is -0.573. The zero-order valence-corrected chi connectivity index (χ0v) is 9.41. The van der Waals surface area contributed by atoms with Gasteiger partial charge in [-0.15, -0.1) is 0 Å². The molecule has 3 nitrogen and oxygen atoms in total. The van der Waals surface area contributed by atoms with Crippen LogP contribution < -0.4 is 5.32 Å². The molecule has 0 amide bonds. The molecule has 1 rings (SSSR count). The van der Waals surface area contributed by atoms with Gasteiger partial charge in [0.2, 0.25) is 0 Å². The molecule has 2 atom stereocenters. The lowest BCUT2D eigenvalue weighted by molar-refractivity contribution is 0.161. The van der Waals surface area contributed by atoms with Gasteiger partial charge in [0.05, 0.1) is 12.7 Å². The molecule has 84 valence electrons. The predicted octanol–water partition coefficient (Wildman–Crippen LogP) is 1.34. The predicted molar refractivity (Wildman–Crippen MR) is 61.0 cm³/mol. The first-order valence-electron chi connectivity index (χ1n) is 4.91. The quantitative estimate of drug-likeness (QED) is 0.715. The topological polar surface area (TPSA) is 52.5 Å². The number of rotatable bonds is 5. The Morgan fingerprint density at radius 2 is 1.93 bits per heavy atom. The normalized spacial score (nSPS) is 14.9. The van der Waals surface area contributed by atoms with E-state index in [0.29, 0.717) is 11.6 Å². The highest BCUT2D eigenvalue weighted by Gasteiger charge is 2.08. The van der Waals surface area contributed by atoms with Crippen LogP contribution in [-0.2, 0) is 0 Å². The molecule has 0 radical (unpaired) electrons. The Morgan fingerprint density at radius 1 is 1.33 bits per heavy atom. The van der Waals surface area contributed by atoms with Gasteiger partial charge in [0.1, 0.15) is 0 Å². The number of hydrogen-bond acceptors (Lipinski definition) is 3. The van der Waals surface area contributed by atoms with E-state index >= 15 is 0 Å². The van der Waals surface area contributed by atoms with Crippen molar-refractivity contribution in [1.29, 1.82) is 0 Å². The molecular weight excluding hydrogens is 214 g/mol. The summed E-state index contributed by atoms with van der Waals surface area (Å²) in [5.74, 6) is 0. The van der Waals surface area contributed by atoms with Crippen molar-refractivity contribution >= 4 is 11.6 Å². The van der Waals surface area contributed by atoms with Gasteiger partial charge >= 0.3 is 0 Å². The number of hydrogen-bond donors (Lipinski definition) is 3. The summed E-state index contributed by atoms with van der Waals surface area (Å²) in [5, 5.41) is 22.2. The maximum absolute atomic E-state index is 9.77. The maximum atomic E-state index is 9.77.